The Labute approximate surface area is 182 Å². The standard InChI is InChI=1S/C20H26N6O.HI/c1-16-25-18-8-3-4-9-19(18)26(16)13-6-11-23-20(21-2)24-12-14-27-17-7-5-10-22-15-17;/h3-5,7-10,15H,6,11-14H2,1-2H3,(H2,21,23,24);1H. The minimum atomic E-state index is 0. The molecule has 2 heterocycles. The lowest BCUT2D eigenvalue weighted by Crippen LogP contribution is -2.39. The van der Waals surface area contributed by atoms with Gasteiger partial charge in [0.05, 0.1) is 23.8 Å². The third kappa shape index (κ3) is 6.08. The normalized spacial score (nSPS) is 11.1. The fourth-order valence-electron chi connectivity index (χ4n) is 2.91. The van der Waals surface area contributed by atoms with Crippen molar-refractivity contribution in [3.63, 3.8) is 0 Å². The molecule has 0 atom stereocenters. The molecule has 28 heavy (non-hydrogen) atoms. The van der Waals surface area contributed by atoms with E-state index in [2.05, 4.69) is 55.3 Å². The van der Waals surface area contributed by atoms with Crippen LogP contribution in [0.3, 0.4) is 0 Å². The van der Waals surface area contributed by atoms with Crippen LogP contribution >= 0.6 is 24.0 Å². The highest BCUT2D eigenvalue weighted by atomic mass is 127. The van der Waals surface area contributed by atoms with Crippen LogP contribution in [0.25, 0.3) is 11.0 Å². The molecular weight excluding hydrogens is 467 g/mol. The molecule has 2 aromatic heterocycles. The van der Waals surface area contributed by atoms with Crippen molar-refractivity contribution in [1.29, 1.82) is 0 Å². The second-order valence-electron chi connectivity index (χ2n) is 6.12. The molecule has 0 amide bonds. The Morgan fingerprint density at radius 2 is 1.96 bits per heavy atom. The predicted octanol–water partition coefficient (Wildman–Crippen LogP) is 2.99. The Morgan fingerprint density at radius 3 is 2.75 bits per heavy atom. The molecule has 8 heteroatoms. The summed E-state index contributed by atoms with van der Waals surface area (Å²) in [5.41, 5.74) is 2.24. The average Bonchev–Trinajstić information content (AvgIpc) is 3.02. The van der Waals surface area contributed by atoms with Crippen molar-refractivity contribution >= 4 is 41.0 Å². The SMILES string of the molecule is CN=C(NCCCn1c(C)nc2ccccc21)NCCOc1cccnc1.I. The molecule has 0 radical (unpaired) electrons. The van der Waals surface area contributed by atoms with Crippen LogP contribution in [0, 0.1) is 6.92 Å². The first kappa shape index (κ1) is 21.9. The number of para-hydroxylation sites is 2. The molecule has 1 aromatic carbocycles. The molecule has 7 nitrogen and oxygen atoms in total. The van der Waals surface area contributed by atoms with Crippen molar-refractivity contribution in [2.75, 3.05) is 26.7 Å². The van der Waals surface area contributed by atoms with Crippen LogP contribution in [0.4, 0.5) is 0 Å². The van der Waals surface area contributed by atoms with Gasteiger partial charge in [-0.05, 0) is 37.6 Å². The molecule has 0 spiro atoms. The molecule has 3 aromatic rings. The first-order valence-electron chi connectivity index (χ1n) is 9.17. The summed E-state index contributed by atoms with van der Waals surface area (Å²) >= 11 is 0. The van der Waals surface area contributed by atoms with Crippen LogP contribution in [0.5, 0.6) is 5.75 Å². The predicted molar refractivity (Wildman–Crippen MR) is 124 cm³/mol. The lowest BCUT2D eigenvalue weighted by molar-refractivity contribution is 0.320. The molecule has 0 bridgehead atoms. The van der Waals surface area contributed by atoms with Crippen molar-refractivity contribution in [3.05, 3.63) is 54.6 Å². The maximum Gasteiger partial charge on any atom is 0.191 e. The maximum absolute atomic E-state index is 5.61. The van der Waals surface area contributed by atoms with Gasteiger partial charge in [0.1, 0.15) is 18.2 Å². The van der Waals surface area contributed by atoms with E-state index >= 15 is 0 Å². The Bertz CT molecular complexity index is 881. The third-order valence-electron chi connectivity index (χ3n) is 4.22. The van der Waals surface area contributed by atoms with Gasteiger partial charge < -0.3 is 19.9 Å². The van der Waals surface area contributed by atoms with Crippen LogP contribution in [0.1, 0.15) is 12.2 Å². The van der Waals surface area contributed by atoms with Gasteiger partial charge in [-0.3, -0.25) is 9.98 Å². The van der Waals surface area contributed by atoms with Crippen LogP contribution in [0.2, 0.25) is 0 Å². The number of aryl methyl sites for hydroxylation is 2. The highest BCUT2D eigenvalue weighted by molar-refractivity contribution is 14.0. The summed E-state index contributed by atoms with van der Waals surface area (Å²) in [6.45, 7) is 5.01. The fourth-order valence-corrected chi connectivity index (χ4v) is 2.91. The van der Waals surface area contributed by atoms with Crippen LogP contribution in [-0.2, 0) is 6.54 Å². The summed E-state index contributed by atoms with van der Waals surface area (Å²) in [4.78, 5) is 12.9. The van der Waals surface area contributed by atoms with E-state index < -0.39 is 0 Å². The Balaban J connectivity index is 0.00000280. The molecule has 0 aliphatic rings. The number of halogens is 1. The van der Waals surface area contributed by atoms with E-state index in [0.717, 1.165) is 42.6 Å². The first-order valence-corrected chi connectivity index (χ1v) is 9.17. The van der Waals surface area contributed by atoms with Gasteiger partial charge in [-0.2, -0.15) is 0 Å². The highest BCUT2D eigenvalue weighted by Crippen LogP contribution is 2.15. The second-order valence-corrected chi connectivity index (χ2v) is 6.12. The topological polar surface area (TPSA) is 76.4 Å². The number of pyridine rings is 1. The van der Waals surface area contributed by atoms with Gasteiger partial charge in [-0.25, -0.2) is 4.98 Å². The van der Waals surface area contributed by atoms with E-state index in [0.29, 0.717) is 13.2 Å². The van der Waals surface area contributed by atoms with Gasteiger partial charge in [-0.1, -0.05) is 12.1 Å². The lowest BCUT2D eigenvalue weighted by atomic mass is 10.3. The molecule has 0 unspecified atom stereocenters. The molecule has 0 aliphatic heterocycles. The number of aromatic nitrogens is 3. The molecule has 150 valence electrons. The minimum absolute atomic E-state index is 0. The summed E-state index contributed by atoms with van der Waals surface area (Å²) in [5, 5.41) is 6.58. The van der Waals surface area contributed by atoms with Gasteiger partial charge in [0.25, 0.3) is 0 Å². The van der Waals surface area contributed by atoms with Gasteiger partial charge >= 0.3 is 0 Å². The monoisotopic (exact) mass is 494 g/mol. The summed E-state index contributed by atoms with van der Waals surface area (Å²) in [5.74, 6) is 2.59. The number of fused-ring (bicyclic) bond motifs is 1. The van der Waals surface area contributed by atoms with E-state index in [4.69, 9.17) is 4.74 Å². The fraction of sp³-hybridized carbons (Fsp3) is 0.350. The van der Waals surface area contributed by atoms with Crippen molar-refractivity contribution < 1.29 is 4.74 Å². The summed E-state index contributed by atoms with van der Waals surface area (Å²) in [6, 6.07) is 12.0. The van der Waals surface area contributed by atoms with Gasteiger partial charge in [0, 0.05) is 26.3 Å². The number of benzene rings is 1. The van der Waals surface area contributed by atoms with Crippen LogP contribution in [-0.4, -0.2) is 47.2 Å². The number of nitrogens with zero attached hydrogens (tertiary/aromatic N) is 4. The smallest absolute Gasteiger partial charge is 0.191 e. The zero-order valence-electron chi connectivity index (χ0n) is 16.3. The van der Waals surface area contributed by atoms with E-state index in [-0.39, 0.29) is 24.0 Å². The quantitative estimate of drug-likeness (QED) is 0.218. The molecule has 0 fully saturated rings. The summed E-state index contributed by atoms with van der Waals surface area (Å²) in [7, 11) is 1.77. The van der Waals surface area contributed by atoms with Crippen molar-refractivity contribution in [2.24, 2.45) is 4.99 Å². The van der Waals surface area contributed by atoms with Gasteiger partial charge in [0.2, 0.25) is 0 Å². The van der Waals surface area contributed by atoms with Crippen LogP contribution < -0.4 is 15.4 Å². The Kier molecular flexibility index (Phi) is 8.99. The first-order chi connectivity index (χ1) is 13.3. The maximum atomic E-state index is 5.61. The van der Waals surface area contributed by atoms with Crippen molar-refractivity contribution in [2.45, 2.75) is 19.9 Å². The van der Waals surface area contributed by atoms with Crippen molar-refractivity contribution in [1.82, 2.24) is 25.2 Å². The number of ether oxygens (including phenoxy) is 1. The van der Waals surface area contributed by atoms with E-state index in [9.17, 15) is 0 Å². The number of imidazole rings is 1. The minimum Gasteiger partial charge on any atom is -0.490 e. The zero-order chi connectivity index (χ0) is 18.9. The van der Waals surface area contributed by atoms with E-state index in [1.165, 1.54) is 5.52 Å². The Hall–Kier alpha value is -2.36. The third-order valence-corrected chi connectivity index (χ3v) is 4.22. The number of nitrogens with one attached hydrogen (secondary N) is 2. The number of aliphatic imine (C=N–C) groups is 1. The van der Waals surface area contributed by atoms with E-state index in [1.54, 1.807) is 19.4 Å². The van der Waals surface area contributed by atoms with Gasteiger partial charge in [0.15, 0.2) is 5.96 Å². The second kappa shape index (κ2) is 11.5. The molecule has 2 N–H and O–H groups in total. The summed E-state index contributed by atoms with van der Waals surface area (Å²) < 4.78 is 7.87. The molecule has 3 rings (SSSR count). The largest absolute Gasteiger partial charge is 0.490 e. The average molecular weight is 494 g/mol. The van der Waals surface area contributed by atoms with Gasteiger partial charge in [-0.15, -0.1) is 24.0 Å². The number of hydrogen-bond acceptors (Lipinski definition) is 4. The van der Waals surface area contributed by atoms with E-state index in [1.807, 2.05) is 18.2 Å². The molecular formula is C20H27IN6O. The molecule has 0 saturated carbocycles. The highest BCUT2D eigenvalue weighted by Gasteiger charge is 2.06. The van der Waals surface area contributed by atoms with Crippen LogP contribution in [0.15, 0.2) is 53.8 Å². The Morgan fingerprint density at radius 1 is 1.14 bits per heavy atom. The zero-order valence-corrected chi connectivity index (χ0v) is 18.6. The number of guanidine groups is 1. The number of hydrogen-bond donors (Lipinski definition) is 2. The van der Waals surface area contributed by atoms with Crippen molar-refractivity contribution in [3.8, 4) is 5.75 Å². The number of rotatable bonds is 8. The molecule has 0 aliphatic carbocycles. The molecule has 0 saturated heterocycles. The summed E-state index contributed by atoms with van der Waals surface area (Å²) in [6.07, 6.45) is 4.41. The lowest BCUT2D eigenvalue weighted by Gasteiger charge is -2.13.